The van der Waals surface area contributed by atoms with Crippen LogP contribution in [-0.4, -0.2) is 40.3 Å². The molecular formula is C17H16N4O2S. The Bertz CT molecular complexity index is 839. The minimum Gasteiger partial charge on any atom is -0.457 e. The number of aromatic nitrogens is 3. The van der Waals surface area contributed by atoms with Gasteiger partial charge in [0.1, 0.15) is 6.10 Å². The van der Waals surface area contributed by atoms with E-state index in [9.17, 15) is 4.79 Å². The third kappa shape index (κ3) is 2.94. The molecule has 0 radical (unpaired) electrons. The molecule has 1 aliphatic rings. The molecule has 0 atom stereocenters. The third-order valence-electron chi connectivity index (χ3n) is 4.21. The van der Waals surface area contributed by atoms with Crippen LogP contribution in [0.3, 0.4) is 0 Å². The molecule has 0 N–H and O–H groups in total. The molecule has 1 saturated heterocycles. The Morgan fingerprint density at radius 1 is 1.25 bits per heavy atom. The van der Waals surface area contributed by atoms with Gasteiger partial charge in [0, 0.05) is 42.1 Å². The quantitative estimate of drug-likeness (QED) is 0.683. The predicted molar refractivity (Wildman–Crippen MR) is 92.3 cm³/mol. The fourth-order valence-corrected chi connectivity index (χ4v) is 3.48. The summed E-state index contributed by atoms with van der Waals surface area (Å²) in [5.41, 5.74) is 2.03. The second-order valence-electron chi connectivity index (χ2n) is 5.72. The van der Waals surface area contributed by atoms with Crippen molar-refractivity contribution >= 4 is 33.9 Å². The van der Waals surface area contributed by atoms with E-state index in [1.165, 1.54) is 11.3 Å². The van der Waals surface area contributed by atoms with E-state index >= 15 is 0 Å². The molecule has 24 heavy (non-hydrogen) atoms. The summed E-state index contributed by atoms with van der Waals surface area (Å²) >= 11 is 1.39. The van der Waals surface area contributed by atoms with Crippen LogP contribution >= 0.6 is 11.3 Å². The Morgan fingerprint density at radius 3 is 2.88 bits per heavy atom. The molecule has 0 saturated carbocycles. The van der Waals surface area contributed by atoms with E-state index < -0.39 is 0 Å². The first-order valence-electron chi connectivity index (χ1n) is 7.86. The molecule has 6 nitrogen and oxygen atoms in total. The number of carbonyl (C=O) groups is 1. The number of ether oxygens (including phenoxy) is 1. The van der Waals surface area contributed by atoms with Crippen molar-refractivity contribution in [2.45, 2.75) is 18.9 Å². The highest BCUT2D eigenvalue weighted by molar-refractivity contribution is 7.07. The number of fused-ring (bicyclic) bond motifs is 1. The molecule has 3 aromatic rings. The maximum atomic E-state index is 12.0. The highest BCUT2D eigenvalue weighted by atomic mass is 32.1. The molecule has 7 heteroatoms. The van der Waals surface area contributed by atoms with Crippen LogP contribution < -0.4 is 4.90 Å². The number of nitrogens with zero attached hydrogens (tertiary/aromatic N) is 4. The summed E-state index contributed by atoms with van der Waals surface area (Å²) in [6, 6.07) is 8.11. The summed E-state index contributed by atoms with van der Waals surface area (Å²) < 4.78 is 5.55. The van der Waals surface area contributed by atoms with Gasteiger partial charge in [0.2, 0.25) is 0 Å². The monoisotopic (exact) mass is 340 g/mol. The molecule has 4 rings (SSSR count). The second-order valence-corrected chi connectivity index (χ2v) is 6.44. The minimum atomic E-state index is -0.334. The zero-order valence-electron chi connectivity index (χ0n) is 13.0. The van der Waals surface area contributed by atoms with Crippen molar-refractivity contribution in [3.05, 3.63) is 47.0 Å². The maximum absolute atomic E-state index is 12.0. The Hall–Kier alpha value is -2.54. The first-order valence-corrected chi connectivity index (χ1v) is 8.80. The number of benzene rings is 1. The zero-order chi connectivity index (χ0) is 16.4. The molecular weight excluding hydrogens is 324 g/mol. The van der Waals surface area contributed by atoms with Gasteiger partial charge < -0.3 is 9.64 Å². The highest BCUT2D eigenvalue weighted by Crippen LogP contribution is 2.26. The lowest BCUT2D eigenvalue weighted by Crippen LogP contribution is -2.38. The van der Waals surface area contributed by atoms with Crippen molar-refractivity contribution in [3.8, 4) is 0 Å². The van der Waals surface area contributed by atoms with Crippen LogP contribution in [0.15, 0.2) is 41.4 Å². The summed E-state index contributed by atoms with van der Waals surface area (Å²) in [6.45, 7) is 1.58. The average Bonchev–Trinajstić information content (AvgIpc) is 3.17. The van der Waals surface area contributed by atoms with Crippen molar-refractivity contribution < 1.29 is 9.53 Å². The number of hydrogen-bond donors (Lipinski definition) is 0. The number of hydrogen-bond acceptors (Lipinski definition) is 7. The molecule has 0 bridgehead atoms. The lowest BCUT2D eigenvalue weighted by molar-refractivity contribution is 0.0239. The number of carbonyl (C=O) groups excluding carboxylic acids is 1. The van der Waals surface area contributed by atoms with Gasteiger partial charge in [0.15, 0.2) is 11.5 Å². The molecule has 122 valence electrons. The SMILES string of the molecule is O=C(OC1CCN(c2nncc3ccccc23)CC1)c1cscn1. The zero-order valence-corrected chi connectivity index (χ0v) is 13.8. The van der Waals surface area contributed by atoms with E-state index in [4.69, 9.17) is 4.74 Å². The van der Waals surface area contributed by atoms with Crippen LogP contribution in [0.4, 0.5) is 5.82 Å². The molecule has 0 unspecified atom stereocenters. The lowest BCUT2D eigenvalue weighted by Gasteiger charge is -2.32. The molecule has 2 aromatic heterocycles. The minimum absolute atomic E-state index is 0.0709. The molecule has 1 aliphatic heterocycles. The van der Waals surface area contributed by atoms with E-state index in [0.717, 1.165) is 42.5 Å². The van der Waals surface area contributed by atoms with E-state index in [1.54, 1.807) is 17.1 Å². The fraction of sp³-hybridized carbons (Fsp3) is 0.294. The van der Waals surface area contributed by atoms with Gasteiger partial charge in [-0.1, -0.05) is 24.3 Å². The molecule has 0 aliphatic carbocycles. The summed E-state index contributed by atoms with van der Waals surface area (Å²) in [4.78, 5) is 18.2. The van der Waals surface area contributed by atoms with E-state index in [1.807, 2.05) is 18.2 Å². The summed E-state index contributed by atoms with van der Waals surface area (Å²) in [7, 11) is 0. The van der Waals surface area contributed by atoms with Gasteiger partial charge in [0.05, 0.1) is 11.7 Å². The van der Waals surface area contributed by atoms with Crippen molar-refractivity contribution in [1.82, 2.24) is 15.2 Å². The van der Waals surface area contributed by atoms with Gasteiger partial charge in [0.25, 0.3) is 0 Å². The van der Waals surface area contributed by atoms with Gasteiger partial charge in [-0.15, -0.1) is 16.4 Å². The standard InChI is InChI=1S/C17H16N4O2S/c22-17(15-10-24-11-18-15)23-13-5-7-21(8-6-13)16-14-4-2-1-3-12(14)9-19-20-16/h1-4,9-11,13H,5-8H2. The molecule has 3 heterocycles. The molecule has 0 amide bonds. The van der Waals surface area contributed by atoms with E-state index in [2.05, 4.69) is 26.1 Å². The third-order valence-corrected chi connectivity index (χ3v) is 4.79. The molecule has 0 spiro atoms. The Balaban J connectivity index is 1.43. The van der Waals surface area contributed by atoms with Crippen LogP contribution in [0.5, 0.6) is 0 Å². The van der Waals surface area contributed by atoms with Crippen molar-refractivity contribution in [2.24, 2.45) is 0 Å². The number of esters is 1. The largest absolute Gasteiger partial charge is 0.457 e. The smallest absolute Gasteiger partial charge is 0.358 e. The van der Waals surface area contributed by atoms with Crippen LogP contribution in [0.25, 0.3) is 10.8 Å². The average molecular weight is 340 g/mol. The molecule has 1 fully saturated rings. The van der Waals surface area contributed by atoms with Crippen molar-refractivity contribution in [1.29, 1.82) is 0 Å². The molecule has 1 aromatic carbocycles. The van der Waals surface area contributed by atoms with Gasteiger partial charge >= 0.3 is 5.97 Å². The maximum Gasteiger partial charge on any atom is 0.358 e. The first-order chi connectivity index (χ1) is 11.8. The van der Waals surface area contributed by atoms with Crippen molar-refractivity contribution in [3.63, 3.8) is 0 Å². The summed E-state index contributed by atoms with van der Waals surface area (Å²) in [6.07, 6.45) is 3.27. The summed E-state index contributed by atoms with van der Waals surface area (Å²) in [5, 5.41) is 12.3. The lowest BCUT2D eigenvalue weighted by atomic mass is 10.1. The fourth-order valence-electron chi connectivity index (χ4n) is 2.96. The van der Waals surface area contributed by atoms with E-state index in [-0.39, 0.29) is 12.1 Å². The highest BCUT2D eigenvalue weighted by Gasteiger charge is 2.25. The van der Waals surface area contributed by atoms with Crippen LogP contribution in [0.2, 0.25) is 0 Å². The van der Waals surface area contributed by atoms with E-state index in [0.29, 0.717) is 5.69 Å². The predicted octanol–water partition coefficient (Wildman–Crippen LogP) is 2.91. The van der Waals surface area contributed by atoms with Gasteiger partial charge in [-0.25, -0.2) is 9.78 Å². The first kappa shape index (κ1) is 15.0. The number of thiazole rings is 1. The Labute approximate surface area is 143 Å². The summed E-state index contributed by atoms with van der Waals surface area (Å²) in [5.74, 6) is 0.567. The Morgan fingerprint density at radius 2 is 2.08 bits per heavy atom. The van der Waals surface area contributed by atoms with Crippen LogP contribution in [-0.2, 0) is 4.74 Å². The number of piperidine rings is 1. The van der Waals surface area contributed by atoms with Gasteiger partial charge in [-0.3, -0.25) is 0 Å². The number of rotatable bonds is 3. The number of anilines is 1. The second kappa shape index (κ2) is 6.52. The topological polar surface area (TPSA) is 68.2 Å². The van der Waals surface area contributed by atoms with Gasteiger partial charge in [-0.2, -0.15) is 5.10 Å². The Kier molecular flexibility index (Phi) is 4.08. The van der Waals surface area contributed by atoms with Gasteiger partial charge in [-0.05, 0) is 0 Å². The van der Waals surface area contributed by atoms with Crippen LogP contribution in [0, 0.1) is 0 Å². The van der Waals surface area contributed by atoms with Crippen LogP contribution in [0.1, 0.15) is 23.3 Å². The normalized spacial score (nSPS) is 15.6. The van der Waals surface area contributed by atoms with Crippen molar-refractivity contribution in [2.75, 3.05) is 18.0 Å².